The van der Waals surface area contributed by atoms with Crippen LogP contribution in [-0.2, 0) is 19.1 Å². The third kappa shape index (κ3) is 3.10. The Balaban J connectivity index is 1.46. The topological polar surface area (TPSA) is 66.9 Å². The van der Waals surface area contributed by atoms with Crippen molar-refractivity contribution in [2.75, 3.05) is 26.3 Å². The van der Waals surface area contributed by atoms with E-state index in [0.29, 0.717) is 26.3 Å². The van der Waals surface area contributed by atoms with Crippen molar-refractivity contribution in [2.24, 2.45) is 23.7 Å². The maximum Gasteiger partial charge on any atom is 0.234 e. The lowest BCUT2D eigenvalue weighted by molar-refractivity contribution is -0.145. The molecule has 0 radical (unpaired) electrons. The highest BCUT2D eigenvalue weighted by Gasteiger charge is 2.58. The molecule has 5 aliphatic rings. The molecule has 2 saturated heterocycles. The molecule has 2 bridgehead atoms. The molecule has 1 aromatic rings. The van der Waals surface area contributed by atoms with Crippen molar-refractivity contribution in [2.45, 2.75) is 25.3 Å². The predicted molar refractivity (Wildman–Crippen MR) is 105 cm³/mol. The Hall–Kier alpha value is -2.47. The highest BCUT2D eigenvalue weighted by Crippen LogP contribution is 2.51. The van der Waals surface area contributed by atoms with Crippen LogP contribution in [0, 0.1) is 23.7 Å². The van der Waals surface area contributed by atoms with Gasteiger partial charge in [0.15, 0.2) is 0 Å². The highest BCUT2D eigenvalue weighted by molar-refractivity contribution is 6.06. The van der Waals surface area contributed by atoms with Gasteiger partial charge in [-0.05, 0) is 30.2 Å². The van der Waals surface area contributed by atoms with Crippen LogP contribution in [-0.4, -0.2) is 53.8 Å². The molecule has 0 unspecified atom stereocenters. The number of hydrogen-bond acceptors (Lipinski definition) is 4. The molecule has 6 nitrogen and oxygen atoms in total. The van der Waals surface area contributed by atoms with Crippen LogP contribution in [0.25, 0.3) is 0 Å². The van der Waals surface area contributed by atoms with E-state index in [0.717, 1.165) is 18.4 Å². The second-order valence-corrected chi connectivity index (χ2v) is 8.51. The van der Waals surface area contributed by atoms with Gasteiger partial charge in [0.2, 0.25) is 17.7 Å². The van der Waals surface area contributed by atoms with Crippen LogP contribution in [0.3, 0.4) is 0 Å². The first kappa shape index (κ1) is 18.6. The standard InChI is InChI=1S/C23H26N2O4/c26-19(24-10-12-29-13-11-24)14-18(15-4-2-1-3-5-15)25-22(27)20-16-6-7-17(9-8-16)21(20)23(25)28/h1-7,16-18,20-21H,8-14H2/t16-,17-,18+,20+,21+/m0/s1. The molecule has 6 heteroatoms. The maximum atomic E-state index is 13.4. The molecular formula is C23H26N2O4. The SMILES string of the molecule is O=C(C[C@H](c1ccccc1)N1C(=O)[C@H]2[C@H](C1=O)[C@H]1C=C[C@H]2CC1)N1CCOCC1. The van der Waals surface area contributed by atoms with Crippen LogP contribution in [0.4, 0.5) is 0 Å². The fourth-order valence-corrected chi connectivity index (χ4v) is 5.55. The molecule has 2 heterocycles. The number of allylic oxidation sites excluding steroid dienone is 2. The van der Waals surface area contributed by atoms with Gasteiger partial charge in [-0.3, -0.25) is 19.3 Å². The normalized spacial score (nSPS) is 31.9. The van der Waals surface area contributed by atoms with E-state index in [1.54, 1.807) is 4.90 Å². The summed E-state index contributed by atoms with van der Waals surface area (Å²) in [5, 5.41) is 0. The van der Waals surface area contributed by atoms with Gasteiger partial charge in [-0.2, -0.15) is 0 Å². The lowest BCUT2D eigenvalue weighted by Gasteiger charge is -2.38. The molecule has 3 amide bonds. The molecule has 3 aliphatic carbocycles. The van der Waals surface area contributed by atoms with Gasteiger partial charge in [-0.15, -0.1) is 0 Å². The summed E-state index contributed by atoms with van der Waals surface area (Å²) in [6.07, 6.45) is 6.32. The number of ether oxygens (including phenoxy) is 1. The molecule has 0 N–H and O–H groups in total. The zero-order valence-corrected chi connectivity index (χ0v) is 16.4. The summed E-state index contributed by atoms with van der Waals surface area (Å²) in [6, 6.07) is 8.97. The summed E-state index contributed by atoms with van der Waals surface area (Å²) in [6.45, 7) is 2.17. The van der Waals surface area contributed by atoms with Gasteiger partial charge < -0.3 is 9.64 Å². The summed E-state index contributed by atoms with van der Waals surface area (Å²) in [5.74, 6) is -0.424. The number of hydrogen-bond donors (Lipinski definition) is 0. The molecule has 0 aromatic heterocycles. The van der Waals surface area contributed by atoms with Gasteiger partial charge in [0.05, 0.1) is 37.5 Å². The lowest BCUT2D eigenvalue weighted by Crippen LogP contribution is -2.44. The van der Waals surface area contributed by atoms with Crippen LogP contribution in [0.15, 0.2) is 42.5 Å². The number of benzene rings is 1. The van der Waals surface area contributed by atoms with Gasteiger partial charge in [0, 0.05) is 13.1 Å². The highest BCUT2D eigenvalue weighted by atomic mass is 16.5. The lowest BCUT2D eigenvalue weighted by atomic mass is 9.63. The number of carbonyl (C=O) groups is 3. The Morgan fingerprint density at radius 3 is 2.10 bits per heavy atom. The fourth-order valence-electron chi connectivity index (χ4n) is 5.55. The summed E-state index contributed by atoms with van der Waals surface area (Å²) in [5.41, 5.74) is 0.842. The largest absolute Gasteiger partial charge is 0.378 e. The molecule has 0 spiro atoms. The van der Waals surface area contributed by atoms with Crippen molar-refractivity contribution in [1.29, 1.82) is 0 Å². The van der Waals surface area contributed by atoms with E-state index >= 15 is 0 Å². The number of rotatable bonds is 4. The van der Waals surface area contributed by atoms with E-state index in [4.69, 9.17) is 4.74 Å². The first-order valence-electron chi connectivity index (χ1n) is 10.6. The third-order valence-corrected chi connectivity index (χ3v) is 7.02. The predicted octanol–water partition coefficient (Wildman–Crippen LogP) is 2.17. The van der Waals surface area contributed by atoms with Gasteiger partial charge >= 0.3 is 0 Å². The summed E-state index contributed by atoms with van der Waals surface area (Å²) >= 11 is 0. The molecule has 1 saturated carbocycles. The first-order valence-corrected chi connectivity index (χ1v) is 10.6. The smallest absolute Gasteiger partial charge is 0.234 e. The fraction of sp³-hybridized carbons (Fsp3) is 0.522. The van der Waals surface area contributed by atoms with Crippen LogP contribution in [0.1, 0.15) is 30.9 Å². The molecular weight excluding hydrogens is 368 g/mol. The number of fused-ring (bicyclic) bond motifs is 1. The van der Waals surface area contributed by atoms with Crippen molar-refractivity contribution in [1.82, 2.24) is 9.80 Å². The summed E-state index contributed by atoms with van der Waals surface area (Å²) in [7, 11) is 0. The van der Waals surface area contributed by atoms with Crippen molar-refractivity contribution < 1.29 is 19.1 Å². The minimum Gasteiger partial charge on any atom is -0.378 e. The van der Waals surface area contributed by atoms with Crippen molar-refractivity contribution in [3.05, 3.63) is 48.0 Å². The van der Waals surface area contributed by atoms with Crippen LogP contribution >= 0.6 is 0 Å². The minimum absolute atomic E-state index is 0.0290. The zero-order chi connectivity index (χ0) is 20.0. The van der Waals surface area contributed by atoms with E-state index in [9.17, 15) is 14.4 Å². The molecule has 6 rings (SSSR count). The summed E-state index contributed by atoms with van der Waals surface area (Å²) in [4.78, 5) is 43.1. The van der Waals surface area contributed by atoms with Crippen LogP contribution in [0.5, 0.6) is 0 Å². The average Bonchev–Trinajstić information content (AvgIpc) is 3.06. The van der Waals surface area contributed by atoms with E-state index in [1.165, 1.54) is 4.90 Å². The average molecular weight is 394 g/mol. The van der Waals surface area contributed by atoms with E-state index < -0.39 is 6.04 Å². The molecule has 5 atom stereocenters. The number of amides is 3. The number of nitrogens with zero attached hydrogens (tertiary/aromatic N) is 2. The molecule has 3 fully saturated rings. The van der Waals surface area contributed by atoms with Crippen LogP contribution in [0.2, 0.25) is 0 Å². The second-order valence-electron chi connectivity index (χ2n) is 8.51. The quantitative estimate of drug-likeness (QED) is 0.580. The van der Waals surface area contributed by atoms with E-state index in [1.807, 2.05) is 30.3 Å². The first-order chi connectivity index (χ1) is 14.1. The third-order valence-electron chi connectivity index (χ3n) is 7.02. The van der Waals surface area contributed by atoms with Gasteiger partial charge in [-0.1, -0.05) is 42.5 Å². The van der Waals surface area contributed by atoms with Gasteiger partial charge in [0.25, 0.3) is 0 Å². The molecule has 2 aliphatic heterocycles. The van der Waals surface area contributed by atoms with Gasteiger partial charge in [0.1, 0.15) is 0 Å². The zero-order valence-electron chi connectivity index (χ0n) is 16.4. The Labute approximate surface area is 170 Å². The second kappa shape index (κ2) is 7.41. The Morgan fingerprint density at radius 2 is 1.55 bits per heavy atom. The van der Waals surface area contributed by atoms with Crippen molar-refractivity contribution in [3.63, 3.8) is 0 Å². The van der Waals surface area contributed by atoms with Crippen molar-refractivity contribution in [3.8, 4) is 0 Å². The number of carbonyl (C=O) groups excluding carboxylic acids is 3. The monoisotopic (exact) mass is 394 g/mol. The maximum absolute atomic E-state index is 13.4. The number of likely N-dealkylation sites (tertiary alicyclic amines) is 1. The van der Waals surface area contributed by atoms with Crippen LogP contribution < -0.4 is 0 Å². The van der Waals surface area contributed by atoms with E-state index in [2.05, 4.69) is 12.2 Å². The Kier molecular flexibility index (Phi) is 4.74. The Morgan fingerprint density at radius 1 is 0.966 bits per heavy atom. The molecule has 29 heavy (non-hydrogen) atoms. The molecule has 1 aromatic carbocycles. The van der Waals surface area contributed by atoms with Gasteiger partial charge in [-0.25, -0.2) is 0 Å². The summed E-state index contributed by atoms with van der Waals surface area (Å²) < 4.78 is 5.35. The number of morpholine rings is 1. The minimum atomic E-state index is -0.545. The Bertz CT molecular complexity index is 814. The molecule has 152 valence electrons. The number of imide groups is 1. The van der Waals surface area contributed by atoms with E-state index in [-0.39, 0.29) is 47.8 Å². The van der Waals surface area contributed by atoms with Crippen molar-refractivity contribution >= 4 is 17.7 Å².